The normalized spacial score (nSPS) is 23.2. The summed E-state index contributed by atoms with van der Waals surface area (Å²) in [5.74, 6) is 7.38. The highest BCUT2D eigenvalue weighted by Crippen LogP contribution is 2.64. The minimum absolute atomic E-state index is 0.332. The Morgan fingerprint density at radius 1 is 0.443 bits per heavy atom. The molecule has 5 aliphatic carbocycles. The number of hydrogen-bond donors (Lipinski definition) is 0. The molecule has 0 amide bonds. The number of hydrogen-bond acceptors (Lipinski definition) is 4. The van der Waals surface area contributed by atoms with Gasteiger partial charge in [-0.3, -0.25) is 0 Å². The maximum absolute atomic E-state index is 6.60. The van der Waals surface area contributed by atoms with E-state index in [1.807, 2.05) is 18.2 Å². The topological polar surface area (TPSA) is 47.9 Å². The largest absolute Gasteiger partial charge is 0.457 e. The highest BCUT2D eigenvalue weighted by atomic mass is 16.5. The maximum atomic E-state index is 6.60. The molecule has 7 aromatic carbocycles. The molecule has 2 heterocycles. The fraction of sp³-hybridized carbons (Fsp3) is 0.211. The Balaban J connectivity index is 0.918. The zero-order chi connectivity index (χ0) is 40.3. The third-order valence-corrected chi connectivity index (χ3v) is 15.5. The van der Waals surface area contributed by atoms with E-state index in [0.717, 1.165) is 74.1 Å². The SMILES string of the molecule is CC1C2CC3C[C@@H]1CC(c1ccc(-c4nc(-c5ccccc5)nc(-c5cccc(-c6ccc7c(c6)C6(c8ccccc8Oc8ccccc86)c6ccccc6-7)c5)n4)cc1)(C3)C2. The lowest BCUT2D eigenvalue weighted by Crippen LogP contribution is -2.52. The zero-order valence-corrected chi connectivity index (χ0v) is 34.3. The first-order valence-corrected chi connectivity index (χ1v) is 22.2. The van der Waals surface area contributed by atoms with E-state index in [1.54, 1.807) is 0 Å². The van der Waals surface area contributed by atoms with Gasteiger partial charge in [-0.2, -0.15) is 0 Å². The van der Waals surface area contributed by atoms with Crippen molar-refractivity contribution in [2.75, 3.05) is 0 Å². The molecule has 4 unspecified atom stereocenters. The highest BCUT2D eigenvalue weighted by Gasteiger charge is 2.55. The molecule has 1 aromatic heterocycles. The van der Waals surface area contributed by atoms with E-state index in [1.165, 1.54) is 59.9 Å². The Labute approximate surface area is 357 Å². The van der Waals surface area contributed by atoms with Crippen molar-refractivity contribution in [1.82, 2.24) is 15.0 Å². The van der Waals surface area contributed by atoms with E-state index in [-0.39, 0.29) is 0 Å². The number of para-hydroxylation sites is 2. The Bertz CT molecular complexity index is 2980. The predicted octanol–water partition coefficient (Wildman–Crippen LogP) is 13.7. The number of aromatic nitrogens is 3. The van der Waals surface area contributed by atoms with Crippen LogP contribution in [0.25, 0.3) is 56.4 Å². The van der Waals surface area contributed by atoms with Crippen LogP contribution in [-0.4, -0.2) is 15.0 Å². The molecule has 0 saturated heterocycles. The second-order valence-corrected chi connectivity index (χ2v) is 18.6. The smallest absolute Gasteiger partial charge is 0.164 e. The maximum Gasteiger partial charge on any atom is 0.164 e. The molecule has 14 rings (SSSR count). The lowest BCUT2D eigenvalue weighted by atomic mass is 9.45. The molecule has 4 heteroatoms. The number of ether oxygens (including phenoxy) is 1. The van der Waals surface area contributed by atoms with Crippen molar-refractivity contribution in [1.29, 1.82) is 0 Å². The molecule has 294 valence electrons. The van der Waals surface area contributed by atoms with Gasteiger partial charge in [-0.15, -0.1) is 0 Å². The number of nitrogens with zero attached hydrogens (tertiary/aromatic N) is 3. The summed E-state index contributed by atoms with van der Waals surface area (Å²) in [4.78, 5) is 15.5. The van der Waals surface area contributed by atoms with Crippen molar-refractivity contribution in [3.05, 3.63) is 198 Å². The van der Waals surface area contributed by atoms with Crippen molar-refractivity contribution in [3.63, 3.8) is 0 Å². The summed E-state index contributed by atoms with van der Waals surface area (Å²) in [6.45, 7) is 2.52. The molecule has 4 fully saturated rings. The van der Waals surface area contributed by atoms with E-state index in [2.05, 4.69) is 159 Å². The van der Waals surface area contributed by atoms with Crippen LogP contribution in [0.3, 0.4) is 0 Å². The molecule has 61 heavy (non-hydrogen) atoms. The molecule has 8 aromatic rings. The van der Waals surface area contributed by atoms with Crippen molar-refractivity contribution in [2.45, 2.75) is 49.9 Å². The Kier molecular flexibility index (Phi) is 7.59. The van der Waals surface area contributed by atoms with E-state index in [9.17, 15) is 0 Å². The molecule has 4 nitrogen and oxygen atoms in total. The average molecular weight is 788 g/mol. The fourth-order valence-corrected chi connectivity index (χ4v) is 12.8. The molecule has 0 N–H and O–H groups in total. The van der Waals surface area contributed by atoms with Gasteiger partial charge in [-0.05, 0) is 124 Å². The standard InChI is InChI=1S/C57H45N3O/c1-35-42-28-36-29-43(35)34-56(32-36,33-42)44-25-22-38(23-26-44)54-58-53(37-12-3-2-4-13-37)59-55(60-54)41-15-11-14-39(30-41)40-24-27-46-45-16-5-6-17-47(45)57(50(46)31-40)48-18-7-9-20-51(48)61-52-21-10-8-19-49(52)57/h2-27,30-31,35-36,42-43H,28-29,32-34H2,1H3/t35?,36?,42-,43?,56?/m1/s1. The predicted molar refractivity (Wildman–Crippen MR) is 243 cm³/mol. The van der Waals surface area contributed by atoms with Gasteiger partial charge in [0.15, 0.2) is 17.5 Å². The summed E-state index contributed by atoms with van der Waals surface area (Å²) in [5.41, 5.74) is 13.9. The van der Waals surface area contributed by atoms with Crippen LogP contribution in [-0.2, 0) is 10.8 Å². The summed E-state index contributed by atoms with van der Waals surface area (Å²) < 4.78 is 6.60. The van der Waals surface area contributed by atoms with Crippen LogP contribution in [0.15, 0.2) is 170 Å². The first kappa shape index (κ1) is 35.1. The summed E-state index contributed by atoms with van der Waals surface area (Å²) in [7, 11) is 0. The molecule has 1 aliphatic heterocycles. The third kappa shape index (κ3) is 5.21. The molecule has 4 bridgehead atoms. The van der Waals surface area contributed by atoms with Gasteiger partial charge < -0.3 is 4.74 Å². The number of fused-ring (bicyclic) bond motifs is 9. The van der Waals surface area contributed by atoms with Gasteiger partial charge in [0, 0.05) is 27.8 Å². The molecular weight excluding hydrogens is 743 g/mol. The number of benzene rings is 7. The lowest BCUT2D eigenvalue weighted by Gasteiger charge is -2.60. The van der Waals surface area contributed by atoms with Crippen molar-refractivity contribution >= 4 is 0 Å². The van der Waals surface area contributed by atoms with Crippen LogP contribution >= 0.6 is 0 Å². The summed E-state index contributed by atoms with van der Waals surface area (Å²) >= 11 is 0. The Morgan fingerprint density at radius 3 is 1.67 bits per heavy atom. The van der Waals surface area contributed by atoms with E-state index in [4.69, 9.17) is 19.7 Å². The quantitative estimate of drug-likeness (QED) is 0.174. The molecular formula is C57H45N3O. The first-order valence-electron chi connectivity index (χ1n) is 22.2. The summed E-state index contributed by atoms with van der Waals surface area (Å²) in [5, 5.41) is 0. The third-order valence-electron chi connectivity index (χ3n) is 15.5. The van der Waals surface area contributed by atoms with Crippen LogP contribution in [0.5, 0.6) is 11.5 Å². The van der Waals surface area contributed by atoms with Gasteiger partial charge in [-0.1, -0.05) is 153 Å². The van der Waals surface area contributed by atoms with Gasteiger partial charge in [0.2, 0.25) is 0 Å². The van der Waals surface area contributed by atoms with Crippen LogP contribution in [0.1, 0.15) is 66.8 Å². The van der Waals surface area contributed by atoms with Crippen molar-refractivity contribution in [2.24, 2.45) is 23.7 Å². The average Bonchev–Trinajstić information content (AvgIpc) is 3.60. The van der Waals surface area contributed by atoms with Gasteiger partial charge in [0.1, 0.15) is 11.5 Å². The molecule has 6 aliphatic rings. The zero-order valence-electron chi connectivity index (χ0n) is 34.3. The van der Waals surface area contributed by atoms with Crippen LogP contribution in [0.4, 0.5) is 0 Å². The Hall–Kier alpha value is -6.65. The molecule has 4 saturated carbocycles. The fourth-order valence-electron chi connectivity index (χ4n) is 12.8. The van der Waals surface area contributed by atoms with Crippen molar-refractivity contribution < 1.29 is 4.74 Å². The number of rotatable bonds is 5. The Morgan fingerprint density at radius 2 is 0.967 bits per heavy atom. The van der Waals surface area contributed by atoms with Gasteiger partial charge >= 0.3 is 0 Å². The first-order chi connectivity index (χ1) is 30.0. The van der Waals surface area contributed by atoms with Gasteiger partial charge in [-0.25, -0.2) is 15.0 Å². The van der Waals surface area contributed by atoms with Gasteiger partial charge in [0.05, 0.1) is 5.41 Å². The van der Waals surface area contributed by atoms with Crippen LogP contribution in [0.2, 0.25) is 0 Å². The van der Waals surface area contributed by atoms with E-state index >= 15 is 0 Å². The monoisotopic (exact) mass is 787 g/mol. The van der Waals surface area contributed by atoms with E-state index in [0.29, 0.717) is 22.9 Å². The lowest BCUT2D eigenvalue weighted by molar-refractivity contribution is -0.0489. The molecule has 1 spiro atoms. The van der Waals surface area contributed by atoms with Gasteiger partial charge in [0.25, 0.3) is 0 Å². The van der Waals surface area contributed by atoms with Crippen LogP contribution < -0.4 is 4.74 Å². The van der Waals surface area contributed by atoms with Crippen molar-refractivity contribution in [3.8, 4) is 67.9 Å². The van der Waals surface area contributed by atoms with E-state index < -0.39 is 5.41 Å². The minimum atomic E-state index is -0.525. The second kappa shape index (κ2) is 13.2. The second-order valence-electron chi connectivity index (χ2n) is 18.6. The molecule has 0 radical (unpaired) electrons. The summed E-state index contributed by atoms with van der Waals surface area (Å²) in [6, 6.07) is 61.3. The van der Waals surface area contributed by atoms with Crippen LogP contribution in [0, 0.1) is 23.7 Å². The summed E-state index contributed by atoms with van der Waals surface area (Å²) in [6.07, 6.45) is 6.92. The molecule has 5 atom stereocenters. The highest BCUT2D eigenvalue weighted by molar-refractivity contribution is 5.90. The minimum Gasteiger partial charge on any atom is -0.457 e.